The van der Waals surface area contributed by atoms with Gasteiger partial charge in [-0.2, -0.15) is 13.2 Å². The lowest BCUT2D eigenvalue weighted by Crippen LogP contribution is -2.47. The Bertz CT molecular complexity index is 2800. The van der Waals surface area contributed by atoms with E-state index in [1.54, 1.807) is 30.5 Å². The van der Waals surface area contributed by atoms with E-state index < -0.39 is 38.0 Å². The number of nitrogens with zero attached hydrogens (tertiary/aromatic N) is 5. The first-order valence-electron chi connectivity index (χ1n) is 22.6. The minimum absolute atomic E-state index is 0.0171. The highest BCUT2D eigenvalue weighted by molar-refractivity contribution is 7.92. The van der Waals surface area contributed by atoms with Crippen LogP contribution in [0.15, 0.2) is 89.6 Å². The molecule has 0 amide bonds. The zero-order chi connectivity index (χ0) is 47.7. The second-order valence-electron chi connectivity index (χ2n) is 18.8. The van der Waals surface area contributed by atoms with Gasteiger partial charge in [-0.15, -0.1) is 0 Å². The van der Waals surface area contributed by atoms with Crippen LogP contribution in [0.2, 0.25) is 5.02 Å². The zero-order valence-corrected chi connectivity index (χ0v) is 39.4. The summed E-state index contributed by atoms with van der Waals surface area (Å²) >= 11 is 6.54. The normalized spacial score (nSPS) is 17.8. The van der Waals surface area contributed by atoms with Crippen LogP contribution in [0.25, 0.3) is 16.6 Å². The molecule has 0 radical (unpaired) electrons. The molecule has 67 heavy (non-hydrogen) atoms. The van der Waals surface area contributed by atoms with Gasteiger partial charge >= 0.3 is 6.18 Å². The van der Waals surface area contributed by atoms with Crippen LogP contribution in [-0.2, 0) is 16.0 Å². The first kappa shape index (κ1) is 48.0. The number of benzene rings is 3. The first-order chi connectivity index (χ1) is 31.8. The van der Waals surface area contributed by atoms with Gasteiger partial charge in [0.15, 0.2) is 15.6 Å². The molecular formula is C49H55ClF3N7O6S. The Morgan fingerprint density at radius 3 is 2.49 bits per heavy atom. The average molecular weight is 963 g/mol. The highest BCUT2D eigenvalue weighted by Crippen LogP contribution is 2.46. The van der Waals surface area contributed by atoms with Crippen LogP contribution in [0, 0.1) is 21.4 Å². The number of halogens is 4. The van der Waals surface area contributed by atoms with E-state index in [1.807, 2.05) is 6.07 Å². The fraction of sp³-hybridized carbons (Fsp3) is 0.429. The van der Waals surface area contributed by atoms with Crippen molar-refractivity contribution in [3.63, 3.8) is 0 Å². The Morgan fingerprint density at radius 2 is 1.78 bits per heavy atom. The number of anilines is 2. The summed E-state index contributed by atoms with van der Waals surface area (Å²) in [5.41, 5.74) is 3.20. The van der Waals surface area contributed by atoms with Gasteiger partial charge in [0.05, 0.1) is 27.1 Å². The van der Waals surface area contributed by atoms with Crippen LogP contribution in [-0.4, -0.2) is 104 Å². The molecular weight excluding hydrogens is 907 g/mol. The van der Waals surface area contributed by atoms with Crippen molar-refractivity contribution in [1.29, 1.82) is 0 Å². The minimum Gasteiger partial charge on any atom is -0.455 e. The maximum Gasteiger partial charge on any atom is 0.416 e. The summed E-state index contributed by atoms with van der Waals surface area (Å²) in [7, 11) is -2.27. The molecule has 18 heteroatoms. The number of hydrogen-bond acceptors (Lipinski definition) is 11. The molecule has 1 aliphatic carbocycles. The molecule has 2 aliphatic heterocycles. The number of sulfone groups is 1. The van der Waals surface area contributed by atoms with Crippen LogP contribution >= 0.6 is 11.6 Å². The van der Waals surface area contributed by atoms with Gasteiger partial charge in [-0.05, 0) is 130 Å². The largest absolute Gasteiger partial charge is 0.455 e. The number of fused-ring (bicyclic) bond motifs is 1. The smallest absolute Gasteiger partial charge is 0.416 e. The number of aromatic nitrogens is 2. The molecule has 2 fully saturated rings. The van der Waals surface area contributed by atoms with E-state index in [4.69, 9.17) is 16.3 Å². The van der Waals surface area contributed by atoms with Gasteiger partial charge in [0.1, 0.15) is 28.6 Å². The van der Waals surface area contributed by atoms with Gasteiger partial charge in [0.25, 0.3) is 5.69 Å². The molecule has 2 aromatic heterocycles. The lowest BCUT2D eigenvalue weighted by molar-refractivity contribution is -0.384. The molecule has 356 valence electrons. The molecule has 8 rings (SSSR count). The Labute approximate surface area is 393 Å². The number of allylic oxidation sites excluding steroid dienone is 1. The van der Waals surface area contributed by atoms with Gasteiger partial charge < -0.3 is 24.8 Å². The van der Waals surface area contributed by atoms with E-state index in [-0.39, 0.29) is 38.0 Å². The van der Waals surface area contributed by atoms with Gasteiger partial charge in [0.2, 0.25) is 0 Å². The maximum atomic E-state index is 14.1. The number of pyridine rings is 1. The molecule has 0 unspecified atom stereocenters. The van der Waals surface area contributed by atoms with Crippen LogP contribution in [0.5, 0.6) is 11.5 Å². The number of piperazine rings is 1. The molecule has 13 nitrogen and oxygen atoms in total. The zero-order valence-electron chi connectivity index (χ0n) is 37.8. The number of alkyl halides is 3. The van der Waals surface area contributed by atoms with Crippen molar-refractivity contribution in [2.24, 2.45) is 11.3 Å². The Balaban J connectivity index is 0.990. The summed E-state index contributed by atoms with van der Waals surface area (Å²) in [6, 6.07) is 15.9. The molecule has 4 heterocycles. The molecule has 2 saturated heterocycles. The second kappa shape index (κ2) is 19.6. The van der Waals surface area contributed by atoms with Crippen LogP contribution in [0.3, 0.4) is 0 Å². The highest BCUT2D eigenvalue weighted by Gasteiger charge is 2.34. The molecule has 3 aliphatic rings. The third kappa shape index (κ3) is 11.4. The van der Waals surface area contributed by atoms with Gasteiger partial charge in [-0.25, -0.2) is 13.4 Å². The number of nitrogens with one attached hydrogen (secondary N) is 2. The van der Waals surface area contributed by atoms with Crippen LogP contribution < -0.4 is 15.0 Å². The summed E-state index contributed by atoms with van der Waals surface area (Å²) in [5, 5.41) is 16.1. The monoisotopic (exact) mass is 961 g/mol. The third-order valence-corrected chi connectivity index (χ3v) is 15.3. The molecule has 3 aromatic carbocycles. The fourth-order valence-corrected chi connectivity index (χ4v) is 10.9. The van der Waals surface area contributed by atoms with Crippen molar-refractivity contribution in [2.45, 2.75) is 63.4 Å². The summed E-state index contributed by atoms with van der Waals surface area (Å²) in [6.07, 6.45) is 4.11. The van der Waals surface area contributed by atoms with Crippen molar-refractivity contribution in [2.75, 3.05) is 75.4 Å². The molecule has 0 bridgehead atoms. The number of carbonyl (C=O) groups is 1. The standard InChI is InChI=1S/C49H55ClF3N7O6S/c1-48(2)15-10-34(41(28-48)39-7-4-35(25-42(39)50)49(51,52)53)30-58-20-22-59(23-21-58)36-5-8-40(46(26-36)66-37-24-33-12-17-55-47(33)56-29-37)45(61)31-67(64,65)38-6-9-43(44(27-38)60(62)63)54-16-11-32-13-18-57(3)19-14-32/h4-9,12,17,24-27,29,32,54H,10-11,13-16,18-23,28,30-31H2,1-3H3,(H,55,56). The van der Waals surface area contributed by atoms with E-state index in [9.17, 15) is 36.5 Å². The number of rotatable bonds is 15. The topological polar surface area (TPSA) is 154 Å². The molecule has 5 aromatic rings. The van der Waals surface area contributed by atoms with Crippen molar-refractivity contribution < 1.29 is 36.0 Å². The summed E-state index contributed by atoms with van der Waals surface area (Å²) in [5.74, 6) is -0.755. The van der Waals surface area contributed by atoms with Gasteiger partial charge in [-0.3, -0.25) is 19.8 Å². The van der Waals surface area contributed by atoms with Crippen molar-refractivity contribution in [3.8, 4) is 11.5 Å². The number of ether oxygens (including phenoxy) is 1. The van der Waals surface area contributed by atoms with E-state index >= 15 is 0 Å². The Morgan fingerprint density at radius 1 is 1.01 bits per heavy atom. The molecule has 0 saturated carbocycles. The number of nitro groups is 1. The number of likely N-dealkylation sites (tertiary alicyclic amines) is 1. The number of nitro benzene ring substituents is 1. The number of hydrogen-bond donors (Lipinski definition) is 2. The second-order valence-corrected chi connectivity index (χ2v) is 21.2. The number of aromatic amines is 1. The fourth-order valence-electron chi connectivity index (χ4n) is 9.39. The SMILES string of the molecule is CN1CCC(CCNc2ccc(S(=O)(=O)CC(=O)c3ccc(N4CCN(CC5=C(c6ccc(C(F)(F)F)cc6Cl)CC(C)(C)CC5)CC4)cc3Oc3cnc4[nH]ccc4c3)cc2[N+](=O)[O-])CC1. The van der Waals surface area contributed by atoms with Crippen molar-refractivity contribution in [3.05, 3.63) is 117 Å². The number of H-pyrrole nitrogens is 1. The van der Waals surface area contributed by atoms with E-state index in [0.29, 0.717) is 68.6 Å². The Kier molecular flexibility index (Phi) is 14.1. The summed E-state index contributed by atoms with van der Waals surface area (Å²) < 4.78 is 74.5. The van der Waals surface area contributed by atoms with E-state index in [1.165, 1.54) is 24.4 Å². The quantitative estimate of drug-likeness (QED) is 0.0585. The van der Waals surface area contributed by atoms with E-state index in [2.05, 4.69) is 50.9 Å². The molecule has 2 N–H and O–H groups in total. The van der Waals surface area contributed by atoms with Crippen LogP contribution in [0.1, 0.15) is 73.9 Å². The van der Waals surface area contributed by atoms with E-state index in [0.717, 1.165) is 85.6 Å². The molecule has 0 atom stereocenters. The summed E-state index contributed by atoms with van der Waals surface area (Å²) in [4.78, 5) is 39.5. The minimum atomic E-state index is -4.49. The summed E-state index contributed by atoms with van der Waals surface area (Å²) in [6.45, 7) is 10.0. The van der Waals surface area contributed by atoms with Gasteiger partial charge in [-0.1, -0.05) is 37.1 Å². The number of piperidine rings is 1. The number of ketones is 1. The molecule has 0 spiro atoms. The van der Waals surface area contributed by atoms with Crippen molar-refractivity contribution >= 4 is 60.9 Å². The predicted molar refractivity (Wildman–Crippen MR) is 255 cm³/mol. The Hall–Kier alpha value is -5.49. The number of Topliss-reactive ketones (excluding diaryl/α,β-unsaturated/α-hetero) is 1. The van der Waals surface area contributed by atoms with Crippen LogP contribution in [0.4, 0.5) is 30.2 Å². The first-order valence-corrected chi connectivity index (χ1v) is 24.6. The van der Waals surface area contributed by atoms with Crippen molar-refractivity contribution in [1.82, 2.24) is 19.8 Å². The lowest BCUT2D eigenvalue weighted by atomic mass is 9.72. The predicted octanol–water partition coefficient (Wildman–Crippen LogP) is 10.5. The number of carbonyl (C=O) groups excluding carboxylic acids is 1. The third-order valence-electron chi connectivity index (χ3n) is 13.4. The highest BCUT2D eigenvalue weighted by atomic mass is 35.5. The lowest BCUT2D eigenvalue weighted by Gasteiger charge is -2.39. The van der Waals surface area contributed by atoms with Gasteiger partial charge in [0, 0.05) is 73.7 Å². The maximum absolute atomic E-state index is 14.1. The average Bonchev–Trinajstić information content (AvgIpc) is 3.75.